The number of Topliss-reactive ketones (excluding diaryl/α,β-unsaturated/α-hetero) is 1. The summed E-state index contributed by atoms with van der Waals surface area (Å²) in [6.07, 6.45) is 1.17. The first kappa shape index (κ1) is 17.5. The lowest BCUT2D eigenvalue weighted by Crippen LogP contribution is -2.16. The van der Waals surface area contributed by atoms with Crippen LogP contribution < -0.4 is 3.53 Å². The van der Waals surface area contributed by atoms with E-state index in [0.717, 1.165) is 5.39 Å². The molecule has 0 saturated carbocycles. The van der Waals surface area contributed by atoms with Gasteiger partial charge in [-0.15, -0.1) is 0 Å². The van der Waals surface area contributed by atoms with Crippen molar-refractivity contribution in [2.75, 3.05) is 3.53 Å². The fraction of sp³-hybridized carbons (Fsp3) is 0.167. The molecule has 0 amide bonds. The van der Waals surface area contributed by atoms with Crippen LogP contribution in [0.4, 0.5) is 10.1 Å². The number of fused-ring (bicyclic) bond motifs is 1. The topological polar surface area (TPSA) is 82.9 Å². The smallest absolute Gasteiger partial charge is 0.270 e. The van der Waals surface area contributed by atoms with E-state index in [0.29, 0.717) is 22.5 Å². The molecule has 0 aliphatic heterocycles. The molecule has 1 atom stereocenters. The predicted octanol–water partition coefficient (Wildman–Crippen LogP) is 4.75. The normalized spacial score (nSPS) is 18.4. The Hall–Kier alpha value is -2.29. The molecule has 1 aliphatic rings. The quantitative estimate of drug-likeness (QED) is 0.519. The van der Waals surface area contributed by atoms with E-state index in [9.17, 15) is 12.3 Å². The number of ketones is 1. The highest BCUT2D eigenvalue weighted by Crippen LogP contribution is 2.35. The molecule has 1 heterocycles. The van der Waals surface area contributed by atoms with Crippen molar-refractivity contribution in [2.24, 2.45) is 0 Å². The number of rotatable bonds is 4. The van der Waals surface area contributed by atoms with Gasteiger partial charge in [-0.05, 0) is 37.6 Å². The molecular weight excluding hydrogens is 436 g/mol. The van der Waals surface area contributed by atoms with Crippen LogP contribution >= 0.6 is 21.5 Å². The summed E-state index contributed by atoms with van der Waals surface area (Å²) in [7, 11) is 0. The van der Waals surface area contributed by atoms with Crippen molar-refractivity contribution in [1.82, 2.24) is 4.98 Å². The van der Waals surface area contributed by atoms with Crippen LogP contribution in [-0.4, -0.2) is 16.5 Å². The Morgan fingerprint density at radius 1 is 1.36 bits per heavy atom. The van der Waals surface area contributed by atoms with Gasteiger partial charge in [-0.25, -0.2) is 12.4 Å². The summed E-state index contributed by atoms with van der Waals surface area (Å²) in [6.45, 7) is 2.91. The molecule has 0 spiro atoms. The number of allylic oxidation sites excluding steroid dienone is 4. The molecule has 0 radical (unpaired) electrons. The van der Waals surface area contributed by atoms with E-state index in [-0.39, 0.29) is 17.1 Å². The molecule has 1 aromatic carbocycles. The average Bonchev–Trinajstić information content (AvgIpc) is 2.78. The Morgan fingerprint density at radius 3 is 2.80 bits per heavy atom. The molecule has 128 valence electrons. The SMILES string of the molecule is CC1=C(/C=C(\C)F)C(=O)C(c2ccc3cccc(NI=O)c3n2)C1=N. The van der Waals surface area contributed by atoms with Gasteiger partial charge in [-0.2, -0.15) is 0 Å². The molecule has 1 aliphatic carbocycles. The molecule has 7 heteroatoms. The van der Waals surface area contributed by atoms with Gasteiger partial charge in [0.05, 0.1) is 28.4 Å². The highest BCUT2D eigenvalue weighted by atomic mass is 127. The lowest BCUT2D eigenvalue weighted by atomic mass is 9.96. The van der Waals surface area contributed by atoms with Crippen molar-refractivity contribution in [3.63, 3.8) is 0 Å². The first-order chi connectivity index (χ1) is 11.9. The average molecular weight is 451 g/mol. The number of carbonyl (C=O) groups excluding carboxylic acids is 1. The maximum atomic E-state index is 13.3. The first-order valence-corrected chi connectivity index (χ1v) is 9.49. The van der Waals surface area contributed by atoms with E-state index in [4.69, 9.17) is 5.41 Å². The van der Waals surface area contributed by atoms with Crippen LogP contribution in [0.1, 0.15) is 25.5 Å². The van der Waals surface area contributed by atoms with Crippen LogP contribution in [-0.2, 0) is 7.86 Å². The van der Waals surface area contributed by atoms with Crippen molar-refractivity contribution in [2.45, 2.75) is 19.8 Å². The molecule has 2 N–H and O–H groups in total. The van der Waals surface area contributed by atoms with Crippen molar-refractivity contribution in [3.05, 3.63) is 59.1 Å². The van der Waals surface area contributed by atoms with Gasteiger partial charge in [0.1, 0.15) is 5.92 Å². The Morgan fingerprint density at radius 2 is 2.12 bits per heavy atom. The molecule has 1 aromatic heterocycles. The van der Waals surface area contributed by atoms with Crippen LogP contribution in [0.25, 0.3) is 10.9 Å². The number of pyridine rings is 1. The number of hydrogen-bond donors (Lipinski definition) is 2. The van der Waals surface area contributed by atoms with Gasteiger partial charge >= 0.3 is 0 Å². The number of para-hydroxylation sites is 1. The second kappa shape index (κ2) is 6.91. The van der Waals surface area contributed by atoms with E-state index in [1.165, 1.54) is 13.0 Å². The summed E-state index contributed by atoms with van der Waals surface area (Å²) >= 11 is -1.42. The minimum atomic E-state index is -1.42. The third-order valence-corrected chi connectivity index (χ3v) is 4.95. The fourth-order valence-corrected chi connectivity index (χ4v) is 3.61. The molecule has 0 bridgehead atoms. The van der Waals surface area contributed by atoms with Crippen molar-refractivity contribution in [3.8, 4) is 0 Å². The third-order valence-electron chi connectivity index (χ3n) is 4.15. The summed E-state index contributed by atoms with van der Waals surface area (Å²) in [4.78, 5) is 17.2. The van der Waals surface area contributed by atoms with Gasteiger partial charge in [0, 0.05) is 11.0 Å². The molecule has 3 rings (SSSR count). The van der Waals surface area contributed by atoms with E-state index in [2.05, 4.69) is 8.51 Å². The summed E-state index contributed by atoms with van der Waals surface area (Å²) in [5, 5.41) is 9.11. The fourth-order valence-electron chi connectivity index (χ4n) is 2.93. The molecule has 0 fully saturated rings. The zero-order valence-corrected chi connectivity index (χ0v) is 15.7. The van der Waals surface area contributed by atoms with Crippen LogP contribution in [0.3, 0.4) is 0 Å². The minimum absolute atomic E-state index is 0.131. The van der Waals surface area contributed by atoms with Crippen LogP contribution in [0.5, 0.6) is 0 Å². The summed E-state index contributed by atoms with van der Waals surface area (Å²) in [5.41, 5.74) is 2.47. The number of carbonyl (C=O) groups is 1. The van der Waals surface area contributed by atoms with Gasteiger partial charge < -0.3 is 8.94 Å². The van der Waals surface area contributed by atoms with Gasteiger partial charge in [0.15, 0.2) is 5.78 Å². The molecular formula is C18H15FIN3O2. The van der Waals surface area contributed by atoms with E-state index < -0.39 is 33.2 Å². The van der Waals surface area contributed by atoms with Crippen molar-refractivity contribution < 1.29 is 12.3 Å². The van der Waals surface area contributed by atoms with E-state index >= 15 is 0 Å². The van der Waals surface area contributed by atoms with Crippen molar-refractivity contribution in [1.29, 1.82) is 5.41 Å². The van der Waals surface area contributed by atoms with Gasteiger partial charge in [0.2, 0.25) is 0 Å². The van der Waals surface area contributed by atoms with Crippen LogP contribution in [0, 0.1) is 5.41 Å². The summed E-state index contributed by atoms with van der Waals surface area (Å²) < 4.78 is 27.1. The lowest BCUT2D eigenvalue weighted by molar-refractivity contribution is -0.115. The largest absolute Gasteiger partial charge is 0.304 e. The molecule has 25 heavy (non-hydrogen) atoms. The molecule has 2 aromatic rings. The monoisotopic (exact) mass is 451 g/mol. The number of nitrogens with one attached hydrogen (secondary N) is 2. The maximum Gasteiger partial charge on any atom is 0.270 e. The number of benzene rings is 1. The minimum Gasteiger partial charge on any atom is -0.304 e. The van der Waals surface area contributed by atoms with Crippen LogP contribution in [0.2, 0.25) is 0 Å². The Labute approximate surface area is 154 Å². The number of halogens is 2. The van der Waals surface area contributed by atoms with E-state index in [1.807, 2.05) is 18.2 Å². The predicted molar refractivity (Wildman–Crippen MR) is 103 cm³/mol. The number of hydrogen-bond acceptors (Lipinski definition) is 4. The van der Waals surface area contributed by atoms with Crippen molar-refractivity contribution >= 4 is 49.6 Å². The van der Waals surface area contributed by atoms with Gasteiger partial charge in [-0.1, -0.05) is 18.2 Å². The highest BCUT2D eigenvalue weighted by Gasteiger charge is 2.37. The summed E-state index contributed by atoms with van der Waals surface area (Å²) in [5.74, 6) is -1.65. The number of nitrogens with zero attached hydrogens (tertiary/aromatic N) is 1. The maximum absolute atomic E-state index is 13.3. The Kier molecular flexibility index (Phi) is 4.85. The number of aromatic nitrogens is 1. The summed E-state index contributed by atoms with van der Waals surface area (Å²) in [6, 6.07) is 8.98. The van der Waals surface area contributed by atoms with E-state index in [1.54, 1.807) is 19.1 Å². The van der Waals surface area contributed by atoms with Crippen LogP contribution in [0.15, 0.2) is 53.4 Å². The molecule has 0 saturated heterocycles. The second-order valence-electron chi connectivity index (χ2n) is 5.77. The standard InChI is InChI=1S/C18H15FIN3O2/c1-9(19)8-12-10(2)16(21)15(18(12)24)13-7-6-11-4-3-5-14(23-20-25)17(11)22-13/h3-8,15,21H,1-2H3,(H,23,25)/b9-8+,21-16?. The molecule has 1 unspecified atom stereocenters. The Bertz CT molecular complexity index is 977. The Balaban J connectivity index is 2.10. The highest BCUT2D eigenvalue weighted by molar-refractivity contribution is 14.1. The van der Waals surface area contributed by atoms with Gasteiger partial charge in [-0.3, -0.25) is 4.79 Å². The third kappa shape index (κ3) is 3.15. The molecule has 5 nitrogen and oxygen atoms in total. The zero-order chi connectivity index (χ0) is 18.1. The van der Waals surface area contributed by atoms with Gasteiger partial charge in [0.25, 0.3) is 21.5 Å². The second-order valence-corrected chi connectivity index (χ2v) is 6.75. The first-order valence-electron chi connectivity index (χ1n) is 7.53. The zero-order valence-electron chi connectivity index (χ0n) is 13.6. The number of anilines is 1. The lowest BCUT2D eigenvalue weighted by Gasteiger charge is -2.12.